The predicted molar refractivity (Wildman–Crippen MR) is 82.5 cm³/mol. The molecule has 1 amide bonds. The van der Waals surface area contributed by atoms with E-state index in [1.54, 1.807) is 11.3 Å². The predicted octanol–water partition coefficient (Wildman–Crippen LogP) is 3.39. The Balaban J connectivity index is 1.76. The number of nitrogens with zero attached hydrogens (tertiary/aromatic N) is 1. The van der Waals surface area contributed by atoms with Crippen molar-refractivity contribution >= 4 is 17.2 Å². The van der Waals surface area contributed by atoms with Crippen LogP contribution in [0.3, 0.4) is 0 Å². The number of hydrogen-bond acceptors (Lipinski definition) is 3. The summed E-state index contributed by atoms with van der Waals surface area (Å²) < 4.78 is 0. The molecule has 2 heterocycles. The maximum absolute atomic E-state index is 12.5. The summed E-state index contributed by atoms with van der Waals surface area (Å²) in [5.74, 6) is 1.68. The van der Waals surface area contributed by atoms with E-state index in [2.05, 4.69) is 34.7 Å². The maximum Gasteiger partial charge on any atom is 0.241 e. The second-order valence-corrected chi connectivity index (χ2v) is 7.30. The highest BCUT2D eigenvalue weighted by Gasteiger charge is 2.39. The Labute approximate surface area is 125 Å². The molecule has 3 nitrogen and oxygen atoms in total. The van der Waals surface area contributed by atoms with Crippen LogP contribution in [0.4, 0.5) is 0 Å². The average Bonchev–Trinajstić information content (AvgIpc) is 3.05. The lowest BCUT2D eigenvalue weighted by Gasteiger charge is -2.34. The van der Waals surface area contributed by atoms with Gasteiger partial charge in [-0.3, -0.25) is 10.1 Å². The van der Waals surface area contributed by atoms with Crippen molar-refractivity contribution in [3.63, 3.8) is 0 Å². The van der Waals surface area contributed by atoms with Gasteiger partial charge in [0.25, 0.3) is 0 Å². The first kappa shape index (κ1) is 14.1. The molecule has 1 aromatic rings. The molecule has 1 saturated heterocycles. The van der Waals surface area contributed by atoms with E-state index in [0.717, 1.165) is 12.5 Å². The summed E-state index contributed by atoms with van der Waals surface area (Å²) >= 11 is 1.73. The van der Waals surface area contributed by atoms with Crippen molar-refractivity contribution in [2.24, 2.45) is 11.8 Å². The zero-order valence-corrected chi connectivity index (χ0v) is 13.2. The molecule has 4 atom stereocenters. The lowest BCUT2D eigenvalue weighted by atomic mass is 9.80. The largest absolute Gasteiger partial charge is 0.320 e. The van der Waals surface area contributed by atoms with E-state index in [-0.39, 0.29) is 18.1 Å². The van der Waals surface area contributed by atoms with Gasteiger partial charge in [0.2, 0.25) is 5.91 Å². The van der Waals surface area contributed by atoms with E-state index >= 15 is 0 Å². The zero-order chi connectivity index (χ0) is 14.1. The van der Waals surface area contributed by atoms with Gasteiger partial charge in [0.1, 0.15) is 6.17 Å². The summed E-state index contributed by atoms with van der Waals surface area (Å²) in [5.41, 5.74) is 0. The second-order valence-electron chi connectivity index (χ2n) is 6.32. The van der Waals surface area contributed by atoms with Crippen molar-refractivity contribution < 1.29 is 4.79 Å². The summed E-state index contributed by atoms with van der Waals surface area (Å²) in [7, 11) is 0. The van der Waals surface area contributed by atoms with Crippen molar-refractivity contribution in [3.05, 3.63) is 22.4 Å². The molecular weight excluding hydrogens is 268 g/mol. The first-order chi connectivity index (χ1) is 9.66. The van der Waals surface area contributed by atoms with Gasteiger partial charge in [-0.1, -0.05) is 32.3 Å². The van der Waals surface area contributed by atoms with Crippen molar-refractivity contribution in [2.75, 3.05) is 6.54 Å². The molecule has 0 bridgehead atoms. The van der Waals surface area contributed by atoms with Crippen molar-refractivity contribution in [3.8, 4) is 0 Å². The Morgan fingerprint density at radius 2 is 2.15 bits per heavy atom. The molecule has 1 aromatic heterocycles. The van der Waals surface area contributed by atoms with Crippen LogP contribution in [0.25, 0.3) is 0 Å². The van der Waals surface area contributed by atoms with Crippen LogP contribution in [0.1, 0.15) is 50.6 Å². The summed E-state index contributed by atoms with van der Waals surface area (Å²) in [4.78, 5) is 15.8. The normalized spacial score (nSPS) is 34.7. The van der Waals surface area contributed by atoms with Crippen LogP contribution in [-0.4, -0.2) is 23.4 Å². The molecule has 3 rings (SSSR count). The fraction of sp³-hybridized carbons (Fsp3) is 0.688. The first-order valence-electron chi connectivity index (χ1n) is 7.76. The molecule has 2 aliphatic rings. The average molecular weight is 292 g/mol. The minimum Gasteiger partial charge on any atom is -0.320 e. The lowest BCUT2D eigenvalue weighted by Crippen LogP contribution is -2.37. The number of hydrogen-bond donors (Lipinski definition) is 1. The molecule has 4 heteroatoms. The highest BCUT2D eigenvalue weighted by Crippen LogP contribution is 2.34. The Hall–Kier alpha value is -0.870. The van der Waals surface area contributed by atoms with Gasteiger partial charge in [-0.2, -0.15) is 0 Å². The quantitative estimate of drug-likeness (QED) is 0.926. The van der Waals surface area contributed by atoms with Crippen LogP contribution >= 0.6 is 11.3 Å². The highest BCUT2D eigenvalue weighted by atomic mass is 32.1. The fourth-order valence-corrected chi connectivity index (χ4v) is 4.36. The number of carbonyl (C=O) groups is 1. The molecular formula is C16H24N2OS. The summed E-state index contributed by atoms with van der Waals surface area (Å²) in [6, 6.07) is 4.14. The molecule has 20 heavy (non-hydrogen) atoms. The van der Waals surface area contributed by atoms with E-state index in [9.17, 15) is 4.79 Å². The Bertz CT molecular complexity index is 459. The van der Waals surface area contributed by atoms with Crippen molar-refractivity contribution in [2.45, 2.75) is 51.7 Å². The zero-order valence-electron chi connectivity index (χ0n) is 12.3. The first-order valence-corrected chi connectivity index (χ1v) is 8.64. The number of nitrogens with one attached hydrogen (secondary N) is 1. The number of carbonyl (C=O) groups excluding carboxylic acids is 1. The van der Waals surface area contributed by atoms with E-state index in [1.165, 1.54) is 30.6 Å². The molecule has 1 N–H and O–H groups in total. The third-order valence-corrected chi connectivity index (χ3v) is 5.83. The molecule has 0 spiro atoms. The van der Waals surface area contributed by atoms with Gasteiger partial charge >= 0.3 is 0 Å². The van der Waals surface area contributed by atoms with Crippen LogP contribution in [0.5, 0.6) is 0 Å². The summed E-state index contributed by atoms with van der Waals surface area (Å²) in [6.45, 7) is 5.24. The second kappa shape index (κ2) is 5.86. The van der Waals surface area contributed by atoms with E-state index in [1.807, 2.05) is 6.92 Å². The van der Waals surface area contributed by atoms with Crippen LogP contribution in [-0.2, 0) is 4.79 Å². The van der Waals surface area contributed by atoms with Gasteiger partial charge in [0, 0.05) is 11.4 Å². The Morgan fingerprint density at radius 1 is 1.35 bits per heavy atom. The SMILES string of the molecule is CC1NC(c2cccs2)N(CC2CCCCC2C)C1=O. The van der Waals surface area contributed by atoms with Crippen LogP contribution in [0.15, 0.2) is 17.5 Å². The highest BCUT2D eigenvalue weighted by molar-refractivity contribution is 7.10. The van der Waals surface area contributed by atoms with Crippen molar-refractivity contribution in [1.82, 2.24) is 10.2 Å². The van der Waals surface area contributed by atoms with Gasteiger partial charge in [0.15, 0.2) is 0 Å². The molecule has 1 aliphatic carbocycles. The lowest BCUT2D eigenvalue weighted by molar-refractivity contribution is -0.130. The van der Waals surface area contributed by atoms with Gasteiger partial charge < -0.3 is 4.90 Å². The minimum atomic E-state index is -0.0546. The fourth-order valence-electron chi connectivity index (χ4n) is 3.57. The molecule has 4 unspecified atom stereocenters. The van der Waals surface area contributed by atoms with Gasteiger partial charge in [-0.15, -0.1) is 11.3 Å². The number of thiophene rings is 1. The molecule has 2 fully saturated rings. The smallest absolute Gasteiger partial charge is 0.241 e. The molecule has 0 aromatic carbocycles. The van der Waals surface area contributed by atoms with Crippen LogP contribution in [0, 0.1) is 11.8 Å². The van der Waals surface area contributed by atoms with Gasteiger partial charge in [-0.25, -0.2) is 0 Å². The molecule has 0 radical (unpaired) electrons. The maximum atomic E-state index is 12.5. The number of rotatable bonds is 3. The van der Waals surface area contributed by atoms with E-state index < -0.39 is 0 Å². The van der Waals surface area contributed by atoms with E-state index in [4.69, 9.17) is 0 Å². The monoisotopic (exact) mass is 292 g/mol. The minimum absolute atomic E-state index is 0.0546. The third kappa shape index (κ3) is 2.63. The Morgan fingerprint density at radius 3 is 2.85 bits per heavy atom. The molecule has 110 valence electrons. The molecule has 1 saturated carbocycles. The Kier molecular flexibility index (Phi) is 4.13. The summed E-state index contributed by atoms with van der Waals surface area (Å²) in [6.07, 6.45) is 5.36. The van der Waals surface area contributed by atoms with Crippen LogP contribution in [0.2, 0.25) is 0 Å². The standard InChI is InChI=1S/C16H24N2OS/c1-11-6-3-4-7-13(11)10-18-15(14-8-5-9-20-14)17-12(2)16(18)19/h5,8-9,11-13,15,17H,3-4,6-7,10H2,1-2H3. The van der Waals surface area contributed by atoms with Gasteiger partial charge in [0.05, 0.1) is 6.04 Å². The van der Waals surface area contributed by atoms with E-state index in [0.29, 0.717) is 5.92 Å². The summed E-state index contributed by atoms with van der Waals surface area (Å²) in [5, 5.41) is 5.54. The van der Waals surface area contributed by atoms with Crippen molar-refractivity contribution in [1.29, 1.82) is 0 Å². The van der Waals surface area contributed by atoms with Crippen LogP contribution < -0.4 is 5.32 Å². The molecule has 1 aliphatic heterocycles. The number of amides is 1. The topological polar surface area (TPSA) is 32.3 Å². The van der Waals surface area contributed by atoms with Gasteiger partial charge in [-0.05, 0) is 36.6 Å². The third-order valence-electron chi connectivity index (χ3n) is 4.91.